The average molecular weight is 392 g/mol. The standard InChI is InChI=1S/C20H23F3N4O/c1-2-8-27-15-16(13-24-27)14-25-9-3-10-26(12-11-25)19(28)17-4-6-18(7-5-17)20(21,22)23/h2,4-7,13,15H,1,3,8-12,14H2. The SMILES string of the molecule is C=CCn1cc(CN2CCCN(C(=O)c3ccc(C(F)(F)F)cc3)CC2)cn1. The predicted octanol–water partition coefficient (Wildman–Crippen LogP) is 3.44. The van der Waals surface area contributed by atoms with E-state index in [2.05, 4.69) is 16.6 Å². The van der Waals surface area contributed by atoms with Crippen LogP contribution in [0.4, 0.5) is 13.2 Å². The highest BCUT2D eigenvalue weighted by molar-refractivity contribution is 5.94. The molecule has 1 aromatic heterocycles. The fraction of sp³-hybridized carbons (Fsp3) is 0.400. The molecule has 1 aliphatic heterocycles. The average Bonchev–Trinajstić information content (AvgIpc) is 2.96. The van der Waals surface area contributed by atoms with E-state index < -0.39 is 11.7 Å². The molecule has 0 bridgehead atoms. The molecule has 1 saturated heterocycles. The maximum absolute atomic E-state index is 12.7. The zero-order chi connectivity index (χ0) is 20.1. The summed E-state index contributed by atoms with van der Waals surface area (Å²) in [4.78, 5) is 16.6. The van der Waals surface area contributed by atoms with Crippen molar-refractivity contribution >= 4 is 5.91 Å². The monoisotopic (exact) mass is 392 g/mol. The fourth-order valence-electron chi connectivity index (χ4n) is 3.29. The van der Waals surface area contributed by atoms with E-state index in [1.165, 1.54) is 12.1 Å². The van der Waals surface area contributed by atoms with Gasteiger partial charge in [0.1, 0.15) is 0 Å². The highest BCUT2D eigenvalue weighted by Crippen LogP contribution is 2.29. The molecule has 28 heavy (non-hydrogen) atoms. The number of halogens is 3. The Morgan fingerprint density at radius 1 is 1.14 bits per heavy atom. The van der Waals surface area contributed by atoms with Crippen molar-refractivity contribution in [3.8, 4) is 0 Å². The van der Waals surface area contributed by atoms with Gasteiger partial charge in [0.2, 0.25) is 0 Å². The van der Waals surface area contributed by atoms with E-state index >= 15 is 0 Å². The summed E-state index contributed by atoms with van der Waals surface area (Å²) in [7, 11) is 0. The van der Waals surface area contributed by atoms with Gasteiger partial charge < -0.3 is 4.90 Å². The minimum absolute atomic E-state index is 0.227. The third-order valence-electron chi connectivity index (χ3n) is 4.74. The van der Waals surface area contributed by atoms with Gasteiger partial charge in [-0.2, -0.15) is 18.3 Å². The third kappa shape index (κ3) is 5.01. The van der Waals surface area contributed by atoms with E-state index in [0.29, 0.717) is 26.2 Å². The number of carbonyl (C=O) groups is 1. The van der Waals surface area contributed by atoms with Gasteiger partial charge in [0.15, 0.2) is 0 Å². The van der Waals surface area contributed by atoms with Crippen LogP contribution < -0.4 is 0 Å². The van der Waals surface area contributed by atoms with Gasteiger partial charge in [-0.05, 0) is 30.7 Å². The molecule has 0 spiro atoms. The van der Waals surface area contributed by atoms with Crippen molar-refractivity contribution in [1.29, 1.82) is 0 Å². The number of alkyl halides is 3. The Kier molecular flexibility index (Phi) is 6.18. The summed E-state index contributed by atoms with van der Waals surface area (Å²) in [6.07, 6.45) is 2.02. The fourth-order valence-corrected chi connectivity index (χ4v) is 3.29. The van der Waals surface area contributed by atoms with Gasteiger partial charge in [-0.15, -0.1) is 6.58 Å². The van der Waals surface area contributed by atoms with Gasteiger partial charge in [-0.25, -0.2) is 0 Å². The Balaban J connectivity index is 1.58. The first-order chi connectivity index (χ1) is 13.4. The van der Waals surface area contributed by atoms with Crippen molar-refractivity contribution in [3.63, 3.8) is 0 Å². The molecule has 1 aliphatic rings. The molecule has 2 aromatic rings. The molecule has 3 rings (SSSR count). The molecule has 1 aromatic carbocycles. The van der Waals surface area contributed by atoms with Crippen molar-refractivity contribution in [3.05, 3.63) is 66.0 Å². The van der Waals surface area contributed by atoms with Crippen molar-refractivity contribution in [1.82, 2.24) is 19.6 Å². The number of rotatable bonds is 5. The number of benzene rings is 1. The highest BCUT2D eigenvalue weighted by atomic mass is 19.4. The van der Waals surface area contributed by atoms with E-state index in [0.717, 1.165) is 37.2 Å². The molecule has 0 atom stereocenters. The third-order valence-corrected chi connectivity index (χ3v) is 4.74. The van der Waals surface area contributed by atoms with Gasteiger partial charge in [-0.3, -0.25) is 14.4 Å². The Bertz CT molecular complexity index is 814. The van der Waals surface area contributed by atoms with Crippen LogP contribution in [0, 0.1) is 0 Å². The number of allylic oxidation sites excluding steroid dienone is 1. The van der Waals surface area contributed by atoms with Gasteiger partial charge in [0.05, 0.1) is 18.3 Å². The molecule has 0 saturated carbocycles. The van der Waals surface area contributed by atoms with Crippen molar-refractivity contribution in [2.24, 2.45) is 0 Å². The van der Waals surface area contributed by atoms with Gasteiger partial charge in [0.25, 0.3) is 5.91 Å². The van der Waals surface area contributed by atoms with E-state index in [1.807, 2.05) is 17.1 Å². The van der Waals surface area contributed by atoms with Crippen LogP contribution in [0.5, 0.6) is 0 Å². The predicted molar refractivity (Wildman–Crippen MR) is 99.7 cm³/mol. The van der Waals surface area contributed by atoms with E-state index in [1.54, 1.807) is 11.0 Å². The summed E-state index contributed by atoms with van der Waals surface area (Å²) in [5.41, 5.74) is 0.639. The van der Waals surface area contributed by atoms with Crippen LogP contribution in [0.3, 0.4) is 0 Å². The minimum atomic E-state index is -4.40. The largest absolute Gasteiger partial charge is 0.416 e. The number of carbonyl (C=O) groups excluding carboxylic acids is 1. The molecule has 1 amide bonds. The molecule has 2 heterocycles. The van der Waals surface area contributed by atoms with Crippen molar-refractivity contribution in [2.45, 2.75) is 25.7 Å². The second-order valence-electron chi connectivity index (χ2n) is 6.86. The molecule has 150 valence electrons. The first-order valence-corrected chi connectivity index (χ1v) is 9.18. The Labute approximate surface area is 162 Å². The molecule has 0 radical (unpaired) electrons. The smallest absolute Gasteiger partial charge is 0.337 e. The van der Waals surface area contributed by atoms with Crippen LogP contribution in [0.1, 0.15) is 27.9 Å². The quantitative estimate of drug-likeness (QED) is 0.732. The molecular formula is C20H23F3N4O. The first-order valence-electron chi connectivity index (χ1n) is 9.18. The summed E-state index contributed by atoms with van der Waals surface area (Å²) in [6.45, 7) is 7.80. The van der Waals surface area contributed by atoms with Gasteiger partial charge >= 0.3 is 6.18 Å². The number of hydrogen-bond donors (Lipinski definition) is 0. The van der Waals surface area contributed by atoms with Crippen LogP contribution in [0.2, 0.25) is 0 Å². The number of amides is 1. The summed E-state index contributed by atoms with van der Waals surface area (Å²) in [5, 5.41) is 4.28. The van der Waals surface area contributed by atoms with Crippen LogP contribution in [0.15, 0.2) is 49.3 Å². The Hall–Kier alpha value is -2.61. The first kappa shape index (κ1) is 20.1. The number of aromatic nitrogens is 2. The zero-order valence-corrected chi connectivity index (χ0v) is 15.5. The number of nitrogens with zero attached hydrogens (tertiary/aromatic N) is 4. The summed E-state index contributed by atoms with van der Waals surface area (Å²) < 4.78 is 39.9. The van der Waals surface area contributed by atoms with Crippen LogP contribution >= 0.6 is 0 Å². The van der Waals surface area contributed by atoms with E-state index in [9.17, 15) is 18.0 Å². The van der Waals surface area contributed by atoms with Crippen LogP contribution in [-0.2, 0) is 19.3 Å². The van der Waals surface area contributed by atoms with Crippen molar-refractivity contribution < 1.29 is 18.0 Å². The van der Waals surface area contributed by atoms with E-state index in [4.69, 9.17) is 0 Å². The highest BCUT2D eigenvalue weighted by Gasteiger charge is 2.30. The Morgan fingerprint density at radius 2 is 1.89 bits per heavy atom. The second kappa shape index (κ2) is 8.60. The van der Waals surface area contributed by atoms with E-state index in [-0.39, 0.29) is 11.5 Å². The summed E-state index contributed by atoms with van der Waals surface area (Å²) >= 11 is 0. The van der Waals surface area contributed by atoms with Crippen LogP contribution in [0.25, 0.3) is 0 Å². The molecule has 0 N–H and O–H groups in total. The lowest BCUT2D eigenvalue weighted by atomic mass is 10.1. The Morgan fingerprint density at radius 3 is 2.57 bits per heavy atom. The zero-order valence-electron chi connectivity index (χ0n) is 15.5. The topological polar surface area (TPSA) is 41.4 Å². The maximum atomic E-state index is 12.7. The lowest BCUT2D eigenvalue weighted by molar-refractivity contribution is -0.137. The van der Waals surface area contributed by atoms with Crippen LogP contribution in [-0.4, -0.2) is 51.7 Å². The summed E-state index contributed by atoms with van der Waals surface area (Å²) in [6, 6.07) is 4.42. The normalized spacial score (nSPS) is 16.0. The lowest BCUT2D eigenvalue weighted by Crippen LogP contribution is -2.35. The molecular weight excluding hydrogens is 369 g/mol. The molecule has 5 nitrogen and oxygen atoms in total. The second-order valence-corrected chi connectivity index (χ2v) is 6.86. The molecule has 1 fully saturated rings. The molecule has 0 aliphatic carbocycles. The maximum Gasteiger partial charge on any atom is 0.416 e. The number of hydrogen-bond acceptors (Lipinski definition) is 3. The van der Waals surface area contributed by atoms with Crippen molar-refractivity contribution in [2.75, 3.05) is 26.2 Å². The van der Waals surface area contributed by atoms with Gasteiger partial charge in [0, 0.05) is 50.0 Å². The lowest BCUT2D eigenvalue weighted by Gasteiger charge is -2.22. The minimum Gasteiger partial charge on any atom is -0.337 e. The molecule has 0 unspecified atom stereocenters. The summed E-state index contributed by atoms with van der Waals surface area (Å²) in [5.74, 6) is -0.227. The molecule has 8 heteroatoms. The van der Waals surface area contributed by atoms with Gasteiger partial charge in [-0.1, -0.05) is 6.08 Å².